The van der Waals surface area contributed by atoms with Gasteiger partial charge in [-0.05, 0) is 37.6 Å². The van der Waals surface area contributed by atoms with E-state index in [9.17, 15) is 0 Å². The predicted octanol–water partition coefficient (Wildman–Crippen LogP) is 4.62. The van der Waals surface area contributed by atoms with Gasteiger partial charge in [0.05, 0.1) is 7.11 Å². The molecule has 0 aliphatic heterocycles. The van der Waals surface area contributed by atoms with E-state index in [0.717, 1.165) is 16.8 Å². The number of rotatable bonds is 5. The SMILES string of the molecule is COc1ccc(C)cc1CN[C@@H](C)c1ccc(Br)cc1. The van der Waals surface area contributed by atoms with Gasteiger partial charge in [-0.3, -0.25) is 0 Å². The molecule has 0 aliphatic rings. The van der Waals surface area contributed by atoms with Gasteiger partial charge in [-0.1, -0.05) is 45.8 Å². The minimum Gasteiger partial charge on any atom is -0.496 e. The molecular weight excluding hydrogens is 314 g/mol. The highest BCUT2D eigenvalue weighted by Gasteiger charge is 2.07. The standard InChI is InChI=1S/C17H20BrNO/c1-12-4-9-17(20-3)15(10-12)11-19-13(2)14-5-7-16(18)8-6-14/h4-10,13,19H,11H2,1-3H3/t13-/m0/s1. The summed E-state index contributed by atoms with van der Waals surface area (Å²) in [6.07, 6.45) is 0. The highest BCUT2D eigenvalue weighted by Crippen LogP contribution is 2.21. The lowest BCUT2D eigenvalue weighted by Crippen LogP contribution is -2.18. The Bertz CT molecular complexity index is 566. The number of halogens is 1. The van der Waals surface area contributed by atoms with Crippen LogP contribution in [0.1, 0.15) is 29.7 Å². The molecule has 1 N–H and O–H groups in total. The van der Waals surface area contributed by atoms with Crippen LogP contribution >= 0.6 is 15.9 Å². The summed E-state index contributed by atoms with van der Waals surface area (Å²) < 4.78 is 6.51. The average molecular weight is 334 g/mol. The lowest BCUT2D eigenvalue weighted by atomic mass is 10.1. The maximum atomic E-state index is 5.41. The second-order valence-corrected chi connectivity index (χ2v) is 5.89. The van der Waals surface area contributed by atoms with E-state index in [1.807, 2.05) is 6.07 Å². The molecule has 0 saturated heterocycles. The lowest BCUT2D eigenvalue weighted by Gasteiger charge is -2.16. The Morgan fingerprint density at radius 3 is 2.50 bits per heavy atom. The number of methoxy groups -OCH3 is 1. The number of hydrogen-bond acceptors (Lipinski definition) is 2. The molecule has 3 heteroatoms. The molecule has 1 atom stereocenters. The van der Waals surface area contributed by atoms with Gasteiger partial charge in [0.25, 0.3) is 0 Å². The van der Waals surface area contributed by atoms with Crippen LogP contribution in [0.25, 0.3) is 0 Å². The van der Waals surface area contributed by atoms with Crippen LogP contribution in [0, 0.1) is 6.92 Å². The van der Waals surface area contributed by atoms with Crippen LogP contribution in [0.3, 0.4) is 0 Å². The molecule has 0 radical (unpaired) electrons. The smallest absolute Gasteiger partial charge is 0.123 e. The fourth-order valence-electron chi connectivity index (χ4n) is 2.18. The van der Waals surface area contributed by atoms with Crippen molar-refractivity contribution in [3.63, 3.8) is 0 Å². The number of nitrogens with one attached hydrogen (secondary N) is 1. The molecule has 0 heterocycles. The van der Waals surface area contributed by atoms with Gasteiger partial charge < -0.3 is 10.1 Å². The highest BCUT2D eigenvalue weighted by atomic mass is 79.9. The first-order valence-electron chi connectivity index (χ1n) is 6.72. The fraction of sp³-hybridized carbons (Fsp3) is 0.294. The minimum atomic E-state index is 0.299. The first kappa shape index (κ1) is 15.1. The van der Waals surface area contributed by atoms with Crippen LogP contribution in [0.4, 0.5) is 0 Å². The van der Waals surface area contributed by atoms with Gasteiger partial charge in [0.2, 0.25) is 0 Å². The molecule has 0 aliphatic carbocycles. The van der Waals surface area contributed by atoms with Crippen LogP contribution < -0.4 is 10.1 Å². The summed E-state index contributed by atoms with van der Waals surface area (Å²) in [5, 5.41) is 3.54. The number of benzene rings is 2. The molecule has 2 aromatic carbocycles. The van der Waals surface area contributed by atoms with E-state index in [2.05, 4.69) is 71.5 Å². The molecule has 0 aromatic heterocycles. The van der Waals surface area contributed by atoms with Gasteiger partial charge in [0.15, 0.2) is 0 Å². The minimum absolute atomic E-state index is 0.299. The Morgan fingerprint density at radius 1 is 1.15 bits per heavy atom. The van der Waals surface area contributed by atoms with Gasteiger partial charge in [-0.25, -0.2) is 0 Å². The van der Waals surface area contributed by atoms with E-state index >= 15 is 0 Å². The zero-order chi connectivity index (χ0) is 14.5. The Labute approximate surface area is 129 Å². The Hall–Kier alpha value is -1.32. The van der Waals surface area contributed by atoms with Crippen molar-refractivity contribution >= 4 is 15.9 Å². The Morgan fingerprint density at radius 2 is 1.85 bits per heavy atom. The van der Waals surface area contributed by atoms with E-state index < -0.39 is 0 Å². The van der Waals surface area contributed by atoms with Gasteiger partial charge >= 0.3 is 0 Å². The largest absolute Gasteiger partial charge is 0.496 e. The summed E-state index contributed by atoms with van der Waals surface area (Å²) in [6.45, 7) is 5.06. The van der Waals surface area contributed by atoms with Crippen LogP contribution in [-0.4, -0.2) is 7.11 Å². The van der Waals surface area contributed by atoms with Crippen LogP contribution in [-0.2, 0) is 6.54 Å². The summed E-state index contributed by atoms with van der Waals surface area (Å²) >= 11 is 3.46. The highest BCUT2D eigenvalue weighted by molar-refractivity contribution is 9.10. The third-order valence-corrected chi connectivity index (χ3v) is 3.93. The van der Waals surface area contributed by atoms with Crippen LogP contribution in [0.5, 0.6) is 5.75 Å². The predicted molar refractivity (Wildman–Crippen MR) is 87.1 cm³/mol. The molecule has 20 heavy (non-hydrogen) atoms. The number of ether oxygens (including phenoxy) is 1. The van der Waals surface area contributed by atoms with Crippen LogP contribution in [0.15, 0.2) is 46.9 Å². The van der Waals surface area contributed by atoms with Crippen LogP contribution in [0.2, 0.25) is 0 Å². The molecule has 0 bridgehead atoms. The monoisotopic (exact) mass is 333 g/mol. The van der Waals surface area contributed by atoms with Crippen molar-refractivity contribution in [2.75, 3.05) is 7.11 Å². The maximum absolute atomic E-state index is 5.41. The summed E-state index contributed by atoms with van der Waals surface area (Å²) in [7, 11) is 1.71. The van der Waals surface area contributed by atoms with Gasteiger partial charge in [-0.15, -0.1) is 0 Å². The van der Waals surface area contributed by atoms with Crippen molar-refractivity contribution in [3.8, 4) is 5.75 Å². The normalized spacial score (nSPS) is 12.2. The maximum Gasteiger partial charge on any atom is 0.123 e. The lowest BCUT2D eigenvalue weighted by molar-refractivity contribution is 0.406. The van der Waals surface area contributed by atoms with Crippen molar-refractivity contribution in [2.24, 2.45) is 0 Å². The summed E-state index contributed by atoms with van der Waals surface area (Å²) in [4.78, 5) is 0. The van der Waals surface area contributed by atoms with Gasteiger partial charge in [0, 0.05) is 22.6 Å². The number of aryl methyl sites for hydroxylation is 1. The first-order valence-corrected chi connectivity index (χ1v) is 7.52. The molecule has 2 nitrogen and oxygen atoms in total. The zero-order valence-corrected chi connectivity index (χ0v) is 13.7. The first-order chi connectivity index (χ1) is 9.60. The molecule has 0 amide bonds. The molecule has 2 rings (SSSR count). The van der Waals surface area contributed by atoms with Crippen molar-refractivity contribution < 1.29 is 4.74 Å². The Balaban J connectivity index is 2.04. The second-order valence-electron chi connectivity index (χ2n) is 4.97. The quantitative estimate of drug-likeness (QED) is 0.862. The van der Waals surface area contributed by atoms with Crippen molar-refractivity contribution in [2.45, 2.75) is 26.4 Å². The third-order valence-electron chi connectivity index (χ3n) is 3.40. The fourth-order valence-corrected chi connectivity index (χ4v) is 2.44. The van der Waals surface area contributed by atoms with E-state index in [-0.39, 0.29) is 0 Å². The molecule has 0 fully saturated rings. The van der Waals surface area contributed by atoms with Gasteiger partial charge in [0.1, 0.15) is 5.75 Å². The van der Waals surface area contributed by atoms with E-state index in [0.29, 0.717) is 6.04 Å². The molecule has 106 valence electrons. The molecule has 0 spiro atoms. The van der Waals surface area contributed by atoms with Crippen molar-refractivity contribution in [1.82, 2.24) is 5.32 Å². The number of hydrogen-bond donors (Lipinski definition) is 1. The van der Waals surface area contributed by atoms with E-state index in [4.69, 9.17) is 4.74 Å². The zero-order valence-electron chi connectivity index (χ0n) is 12.1. The second kappa shape index (κ2) is 6.91. The summed E-state index contributed by atoms with van der Waals surface area (Å²) in [5.41, 5.74) is 3.72. The topological polar surface area (TPSA) is 21.3 Å². The Kier molecular flexibility index (Phi) is 5.21. The molecular formula is C17H20BrNO. The van der Waals surface area contributed by atoms with E-state index in [1.165, 1.54) is 16.7 Å². The molecule has 0 saturated carbocycles. The summed E-state index contributed by atoms with van der Waals surface area (Å²) in [5.74, 6) is 0.936. The van der Waals surface area contributed by atoms with E-state index in [1.54, 1.807) is 7.11 Å². The van der Waals surface area contributed by atoms with Gasteiger partial charge in [-0.2, -0.15) is 0 Å². The molecule has 0 unspecified atom stereocenters. The average Bonchev–Trinajstić information content (AvgIpc) is 2.45. The summed E-state index contributed by atoms with van der Waals surface area (Å²) in [6, 6.07) is 15.0. The molecule has 2 aromatic rings. The van der Waals surface area contributed by atoms with Crippen molar-refractivity contribution in [1.29, 1.82) is 0 Å². The third kappa shape index (κ3) is 3.84. The van der Waals surface area contributed by atoms with Crippen molar-refractivity contribution in [3.05, 3.63) is 63.6 Å².